The first-order valence-corrected chi connectivity index (χ1v) is 9.42. The first-order chi connectivity index (χ1) is 10.6. The summed E-state index contributed by atoms with van der Waals surface area (Å²) in [5.41, 5.74) is 1.11. The van der Waals surface area contributed by atoms with Crippen LogP contribution in [-0.2, 0) is 14.9 Å². The van der Waals surface area contributed by atoms with Gasteiger partial charge in [-0.1, -0.05) is 37.3 Å². The fourth-order valence-corrected chi connectivity index (χ4v) is 5.26. The average molecular weight is 324 g/mol. The molecule has 0 bridgehead atoms. The van der Waals surface area contributed by atoms with Gasteiger partial charge in [0.15, 0.2) is 0 Å². The van der Waals surface area contributed by atoms with Crippen molar-refractivity contribution in [3.63, 3.8) is 0 Å². The summed E-state index contributed by atoms with van der Waals surface area (Å²) >= 11 is 0. The molecule has 122 valence electrons. The number of nitrogens with zero attached hydrogens (tertiary/aromatic N) is 1. The maximum Gasteiger partial charge on any atom is 0.280 e. The Bertz CT molecular complexity index is 597. The molecule has 2 aliphatic heterocycles. The van der Waals surface area contributed by atoms with Crippen LogP contribution in [0.15, 0.2) is 30.3 Å². The van der Waals surface area contributed by atoms with Crippen LogP contribution in [0.25, 0.3) is 0 Å². The molecule has 1 N–H and O–H groups in total. The van der Waals surface area contributed by atoms with E-state index in [2.05, 4.69) is 4.72 Å². The molecular weight excluding hydrogens is 300 g/mol. The highest BCUT2D eigenvalue weighted by atomic mass is 32.2. The number of nitrogens with one attached hydrogen (secondary N) is 1. The summed E-state index contributed by atoms with van der Waals surface area (Å²) in [6.07, 6.45) is 2.64. The molecular formula is C16H24N2O3S. The predicted molar refractivity (Wildman–Crippen MR) is 85.6 cm³/mol. The van der Waals surface area contributed by atoms with Gasteiger partial charge in [-0.05, 0) is 24.8 Å². The Morgan fingerprint density at radius 1 is 1.27 bits per heavy atom. The van der Waals surface area contributed by atoms with Crippen molar-refractivity contribution < 1.29 is 13.2 Å². The van der Waals surface area contributed by atoms with Gasteiger partial charge in [0.1, 0.15) is 0 Å². The van der Waals surface area contributed by atoms with Crippen molar-refractivity contribution in [2.24, 2.45) is 5.41 Å². The molecule has 2 saturated heterocycles. The quantitative estimate of drug-likeness (QED) is 0.902. The Hall–Kier alpha value is -0.950. The number of hydrogen-bond acceptors (Lipinski definition) is 3. The van der Waals surface area contributed by atoms with E-state index in [1.165, 1.54) is 0 Å². The second kappa shape index (κ2) is 6.28. The fraction of sp³-hybridized carbons (Fsp3) is 0.625. The maximum absolute atomic E-state index is 12.6. The minimum Gasteiger partial charge on any atom is -0.381 e. The second-order valence-electron chi connectivity index (χ2n) is 6.23. The third kappa shape index (κ3) is 2.80. The van der Waals surface area contributed by atoms with Crippen LogP contribution in [0.5, 0.6) is 0 Å². The van der Waals surface area contributed by atoms with Crippen LogP contribution in [0.1, 0.15) is 37.8 Å². The summed E-state index contributed by atoms with van der Waals surface area (Å²) in [4.78, 5) is 0. The van der Waals surface area contributed by atoms with Crippen LogP contribution in [0.2, 0.25) is 0 Å². The van der Waals surface area contributed by atoms with Crippen molar-refractivity contribution in [3.8, 4) is 0 Å². The fourth-order valence-electron chi connectivity index (χ4n) is 3.58. The third-order valence-corrected chi connectivity index (χ3v) is 6.31. The molecule has 1 unspecified atom stereocenters. The first kappa shape index (κ1) is 15.9. The molecule has 1 spiro atoms. The normalized spacial score (nSPS) is 25.0. The van der Waals surface area contributed by atoms with Crippen molar-refractivity contribution in [1.82, 2.24) is 9.03 Å². The predicted octanol–water partition coefficient (Wildman–Crippen LogP) is 2.08. The van der Waals surface area contributed by atoms with E-state index < -0.39 is 10.2 Å². The molecule has 3 rings (SSSR count). The Balaban J connectivity index is 1.89. The minimum absolute atomic E-state index is 0.0283. The minimum atomic E-state index is -3.42. The van der Waals surface area contributed by atoms with Crippen LogP contribution in [-0.4, -0.2) is 39.0 Å². The molecule has 2 aliphatic rings. The van der Waals surface area contributed by atoms with Crippen LogP contribution in [0.4, 0.5) is 0 Å². The van der Waals surface area contributed by atoms with E-state index in [1.807, 2.05) is 37.3 Å². The number of rotatable bonds is 5. The van der Waals surface area contributed by atoms with Gasteiger partial charge in [-0.2, -0.15) is 12.7 Å². The zero-order valence-electron chi connectivity index (χ0n) is 13.0. The zero-order chi connectivity index (χ0) is 15.6. The molecule has 1 aromatic carbocycles. The standard InChI is InChI=1S/C16H24N2O3S/c1-2-10-17-22(19,20)18-13-16(8-11-21-12-9-16)15(18)14-6-4-3-5-7-14/h3-7,15,17H,2,8-13H2,1H3. The lowest BCUT2D eigenvalue weighted by Crippen LogP contribution is -2.64. The highest BCUT2D eigenvalue weighted by Gasteiger charge is 2.57. The van der Waals surface area contributed by atoms with Gasteiger partial charge in [-0.15, -0.1) is 0 Å². The van der Waals surface area contributed by atoms with Crippen LogP contribution >= 0.6 is 0 Å². The summed E-state index contributed by atoms with van der Waals surface area (Å²) in [6, 6.07) is 9.90. The highest BCUT2D eigenvalue weighted by molar-refractivity contribution is 7.87. The molecule has 22 heavy (non-hydrogen) atoms. The smallest absolute Gasteiger partial charge is 0.280 e. The number of ether oxygens (including phenoxy) is 1. The maximum atomic E-state index is 12.6. The Morgan fingerprint density at radius 2 is 1.95 bits per heavy atom. The van der Waals surface area contributed by atoms with Crippen LogP contribution in [0.3, 0.4) is 0 Å². The van der Waals surface area contributed by atoms with Crippen molar-refractivity contribution >= 4 is 10.2 Å². The summed E-state index contributed by atoms with van der Waals surface area (Å²) in [7, 11) is -3.42. The van der Waals surface area contributed by atoms with E-state index in [1.54, 1.807) is 4.31 Å². The molecule has 0 aliphatic carbocycles. The monoisotopic (exact) mass is 324 g/mol. The molecule has 2 heterocycles. The van der Waals surface area contributed by atoms with E-state index in [0.717, 1.165) is 38.0 Å². The van der Waals surface area contributed by atoms with E-state index in [0.29, 0.717) is 13.1 Å². The molecule has 0 aromatic heterocycles. The number of benzene rings is 1. The Morgan fingerprint density at radius 3 is 2.59 bits per heavy atom. The topological polar surface area (TPSA) is 58.6 Å². The summed E-state index contributed by atoms with van der Waals surface area (Å²) < 4.78 is 34.9. The molecule has 5 nitrogen and oxygen atoms in total. The largest absolute Gasteiger partial charge is 0.381 e. The highest BCUT2D eigenvalue weighted by Crippen LogP contribution is 2.55. The second-order valence-corrected chi connectivity index (χ2v) is 7.94. The zero-order valence-corrected chi connectivity index (χ0v) is 13.8. The van der Waals surface area contributed by atoms with E-state index in [9.17, 15) is 8.42 Å². The Labute approximate surface area is 132 Å². The molecule has 0 radical (unpaired) electrons. The number of hydrogen-bond donors (Lipinski definition) is 1. The van der Waals surface area contributed by atoms with Gasteiger partial charge < -0.3 is 4.74 Å². The summed E-state index contributed by atoms with van der Waals surface area (Å²) in [6.45, 7) is 4.48. The van der Waals surface area contributed by atoms with Gasteiger partial charge in [-0.25, -0.2) is 4.72 Å². The molecule has 1 atom stereocenters. The molecule has 1 aromatic rings. The van der Waals surface area contributed by atoms with Crippen LogP contribution in [0, 0.1) is 5.41 Å². The molecule has 6 heteroatoms. The van der Waals surface area contributed by atoms with E-state index >= 15 is 0 Å². The average Bonchev–Trinajstić information content (AvgIpc) is 2.53. The lowest BCUT2D eigenvalue weighted by Gasteiger charge is -2.58. The molecule has 0 saturated carbocycles. The molecule has 0 amide bonds. The van der Waals surface area contributed by atoms with Crippen molar-refractivity contribution in [1.29, 1.82) is 0 Å². The SMILES string of the molecule is CCCNS(=O)(=O)N1CC2(CCOCC2)C1c1ccccc1. The van der Waals surface area contributed by atoms with Gasteiger partial charge in [0.05, 0.1) is 6.04 Å². The van der Waals surface area contributed by atoms with E-state index in [4.69, 9.17) is 4.74 Å². The van der Waals surface area contributed by atoms with Crippen molar-refractivity contribution in [3.05, 3.63) is 35.9 Å². The van der Waals surface area contributed by atoms with Gasteiger partial charge in [0.25, 0.3) is 10.2 Å². The lowest BCUT2D eigenvalue weighted by atomic mass is 9.65. The van der Waals surface area contributed by atoms with Gasteiger partial charge in [0, 0.05) is 31.7 Å². The first-order valence-electron chi connectivity index (χ1n) is 7.98. The lowest BCUT2D eigenvalue weighted by molar-refractivity contribution is -0.0957. The van der Waals surface area contributed by atoms with Crippen molar-refractivity contribution in [2.75, 3.05) is 26.3 Å². The van der Waals surface area contributed by atoms with Gasteiger partial charge >= 0.3 is 0 Å². The van der Waals surface area contributed by atoms with Crippen LogP contribution < -0.4 is 4.72 Å². The van der Waals surface area contributed by atoms with Gasteiger partial charge in [-0.3, -0.25) is 0 Å². The van der Waals surface area contributed by atoms with E-state index in [-0.39, 0.29) is 11.5 Å². The summed E-state index contributed by atoms with van der Waals surface area (Å²) in [5, 5.41) is 0. The Kier molecular flexibility index (Phi) is 4.54. The third-order valence-electron chi connectivity index (χ3n) is 4.79. The summed E-state index contributed by atoms with van der Waals surface area (Å²) in [5.74, 6) is 0. The molecule has 2 fully saturated rings. The van der Waals surface area contributed by atoms with Gasteiger partial charge in [0.2, 0.25) is 0 Å². The van der Waals surface area contributed by atoms with Crippen molar-refractivity contribution in [2.45, 2.75) is 32.2 Å².